The van der Waals surface area contributed by atoms with Crippen LogP contribution in [0.15, 0.2) is 23.2 Å². The standard InChI is InChI=1S/C23H35N3O3.HI/c1-2-24-23(25-11-7-18-5-6-22-19(16-18)10-15-28-22)26-12-8-20(9-13-26)29-17-21-4-3-14-27-21;/h5-6,16,20-21H,2-4,7-15,17H2,1H3,(H,24,25);1H. The quantitative estimate of drug-likeness (QED) is 0.334. The third kappa shape index (κ3) is 6.47. The highest BCUT2D eigenvalue weighted by atomic mass is 127. The Morgan fingerprint density at radius 2 is 2.10 bits per heavy atom. The van der Waals surface area contributed by atoms with E-state index in [0.29, 0.717) is 12.2 Å². The van der Waals surface area contributed by atoms with Crippen LogP contribution >= 0.6 is 24.0 Å². The second-order valence-corrected chi connectivity index (χ2v) is 8.18. The van der Waals surface area contributed by atoms with E-state index in [1.165, 1.54) is 17.5 Å². The van der Waals surface area contributed by atoms with Crippen molar-refractivity contribution in [1.82, 2.24) is 10.2 Å². The first-order valence-electron chi connectivity index (χ1n) is 11.3. The Morgan fingerprint density at radius 3 is 2.87 bits per heavy atom. The zero-order valence-electron chi connectivity index (χ0n) is 18.1. The average molecular weight is 529 g/mol. The van der Waals surface area contributed by atoms with Crippen molar-refractivity contribution in [3.8, 4) is 5.75 Å². The zero-order valence-corrected chi connectivity index (χ0v) is 20.4. The van der Waals surface area contributed by atoms with Crippen LogP contribution in [-0.2, 0) is 22.3 Å². The highest BCUT2D eigenvalue weighted by Gasteiger charge is 2.24. The molecule has 0 spiro atoms. The Balaban J connectivity index is 0.00000256. The van der Waals surface area contributed by atoms with Gasteiger partial charge in [0.05, 0.1) is 25.4 Å². The normalized spacial score (nSPS) is 21.8. The van der Waals surface area contributed by atoms with Gasteiger partial charge in [-0.1, -0.05) is 12.1 Å². The molecule has 3 aliphatic rings. The first-order chi connectivity index (χ1) is 14.3. The number of aliphatic imine (C=N–C) groups is 1. The number of halogens is 1. The summed E-state index contributed by atoms with van der Waals surface area (Å²) in [6, 6.07) is 6.55. The maximum atomic E-state index is 6.11. The second-order valence-electron chi connectivity index (χ2n) is 8.18. The molecule has 1 aromatic carbocycles. The second kappa shape index (κ2) is 12.1. The van der Waals surface area contributed by atoms with Crippen molar-refractivity contribution in [3.63, 3.8) is 0 Å². The van der Waals surface area contributed by atoms with Gasteiger partial charge in [-0.2, -0.15) is 0 Å². The van der Waals surface area contributed by atoms with Gasteiger partial charge in [-0.3, -0.25) is 4.99 Å². The Morgan fingerprint density at radius 1 is 1.23 bits per heavy atom. The highest BCUT2D eigenvalue weighted by Crippen LogP contribution is 2.26. The Hall–Kier alpha value is -1.06. The molecular formula is C23H36IN3O3. The fraction of sp³-hybridized carbons (Fsp3) is 0.696. The molecule has 0 bridgehead atoms. The van der Waals surface area contributed by atoms with Crippen LogP contribution in [0.5, 0.6) is 5.75 Å². The minimum atomic E-state index is 0. The van der Waals surface area contributed by atoms with Gasteiger partial charge >= 0.3 is 0 Å². The van der Waals surface area contributed by atoms with Gasteiger partial charge in [0, 0.05) is 39.2 Å². The van der Waals surface area contributed by atoms with E-state index < -0.39 is 0 Å². The molecule has 1 aromatic rings. The number of nitrogens with zero attached hydrogens (tertiary/aromatic N) is 2. The van der Waals surface area contributed by atoms with Gasteiger partial charge in [0.15, 0.2) is 5.96 Å². The largest absolute Gasteiger partial charge is 0.493 e. The summed E-state index contributed by atoms with van der Waals surface area (Å²) < 4.78 is 17.4. The molecule has 30 heavy (non-hydrogen) atoms. The summed E-state index contributed by atoms with van der Waals surface area (Å²) >= 11 is 0. The lowest BCUT2D eigenvalue weighted by molar-refractivity contribution is -0.0367. The number of guanidine groups is 1. The molecule has 0 aromatic heterocycles. The van der Waals surface area contributed by atoms with Crippen molar-refractivity contribution >= 4 is 29.9 Å². The topological polar surface area (TPSA) is 55.3 Å². The van der Waals surface area contributed by atoms with E-state index in [2.05, 4.69) is 35.3 Å². The van der Waals surface area contributed by atoms with Crippen LogP contribution in [0.4, 0.5) is 0 Å². The van der Waals surface area contributed by atoms with Crippen LogP contribution in [0.1, 0.15) is 43.7 Å². The molecule has 0 amide bonds. The summed E-state index contributed by atoms with van der Waals surface area (Å²) in [5, 5.41) is 3.47. The number of piperidine rings is 1. The number of nitrogens with one attached hydrogen (secondary N) is 1. The van der Waals surface area contributed by atoms with Crippen LogP contribution in [0.2, 0.25) is 0 Å². The average Bonchev–Trinajstić information content (AvgIpc) is 3.43. The van der Waals surface area contributed by atoms with Gasteiger partial charge < -0.3 is 24.4 Å². The molecule has 0 aliphatic carbocycles. The molecule has 7 heteroatoms. The van der Waals surface area contributed by atoms with E-state index in [1.807, 2.05) is 0 Å². The summed E-state index contributed by atoms with van der Waals surface area (Å²) in [5.74, 6) is 2.09. The van der Waals surface area contributed by atoms with Crippen molar-refractivity contribution < 1.29 is 14.2 Å². The molecule has 6 nitrogen and oxygen atoms in total. The summed E-state index contributed by atoms with van der Waals surface area (Å²) in [6.45, 7) is 8.29. The van der Waals surface area contributed by atoms with Crippen LogP contribution in [-0.4, -0.2) is 69.1 Å². The molecule has 1 unspecified atom stereocenters. The van der Waals surface area contributed by atoms with E-state index in [1.54, 1.807) is 0 Å². The van der Waals surface area contributed by atoms with Crippen molar-refractivity contribution in [3.05, 3.63) is 29.3 Å². The van der Waals surface area contributed by atoms with Crippen molar-refractivity contribution in [2.45, 2.75) is 57.7 Å². The molecule has 168 valence electrons. The fourth-order valence-electron chi connectivity index (χ4n) is 4.37. The number of benzene rings is 1. The Labute approximate surface area is 197 Å². The molecule has 4 rings (SSSR count). The zero-order chi connectivity index (χ0) is 19.9. The maximum absolute atomic E-state index is 6.11. The van der Waals surface area contributed by atoms with Gasteiger partial charge in [-0.15, -0.1) is 24.0 Å². The molecule has 3 aliphatic heterocycles. The molecule has 0 radical (unpaired) electrons. The monoisotopic (exact) mass is 529 g/mol. The number of hydrogen-bond donors (Lipinski definition) is 1. The van der Waals surface area contributed by atoms with Crippen molar-refractivity contribution in [1.29, 1.82) is 0 Å². The van der Waals surface area contributed by atoms with E-state index >= 15 is 0 Å². The lowest BCUT2D eigenvalue weighted by Crippen LogP contribution is -2.47. The summed E-state index contributed by atoms with van der Waals surface area (Å²) in [4.78, 5) is 7.28. The summed E-state index contributed by atoms with van der Waals surface area (Å²) in [6.07, 6.45) is 7.10. The molecule has 3 heterocycles. The first-order valence-corrected chi connectivity index (χ1v) is 11.3. The summed E-state index contributed by atoms with van der Waals surface area (Å²) in [7, 11) is 0. The molecule has 2 fully saturated rings. The van der Waals surface area contributed by atoms with Crippen molar-refractivity contribution in [2.75, 3.05) is 46.0 Å². The summed E-state index contributed by atoms with van der Waals surface area (Å²) in [5.41, 5.74) is 2.68. The molecule has 1 N–H and O–H groups in total. The number of likely N-dealkylation sites (tertiary alicyclic amines) is 1. The number of fused-ring (bicyclic) bond motifs is 1. The lowest BCUT2D eigenvalue weighted by Gasteiger charge is -2.34. The number of ether oxygens (including phenoxy) is 3. The SMILES string of the molecule is CCNC(=NCCc1ccc2c(c1)CCO2)N1CCC(OCC2CCCO2)CC1.I. The minimum Gasteiger partial charge on any atom is -0.493 e. The Bertz CT molecular complexity index is 686. The van der Waals surface area contributed by atoms with Crippen LogP contribution in [0.3, 0.4) is 0 Å². The number of rotatable bonds is 7. The molecule has 2 saturated heterocycles. The molecule has 0 saturated carbocycles. The first kappa shape index (κ1) is 23.6. The van der Waals surface area contributed by atoms with E-state index in [4.69, 9.17) is 19.2 Å². The highest BCUT2D eigenvalue weighted by molar-refractivity contribution is 14.0. The Kier molecular flexibility index (Phi) is 9.52. The maximum Gasteiger partial charge on any atom is 0.193 e. The van der Waals surface area contributed by atoms with Gasteiger partial charge in [-0.25, -0.2) is 0 Å². The fourth-order valence-corrected chi connectivity index (χ4v) is 4.37. The predicted octanol–water partition coefficient (Wildman–Crippen LogP) is 3.41. The van der Waals surface area contributed by atoms with Gasteiger partial charge in [0.1, 0.15) is 5.75 Å². The van der Waals surface area contributed by atoms with E-state index in [-0.39, 0.29) is 24.0 Å². The van der Waals surface area contributed by atoms with Crippen LogP contribution < -0.4 is 10.1 Å². The van der Waals surface area contributed by atoms with Gasteiger partial charge in [0.2, 0.25) is 0 Å². The van der Waals surface area contributed by atoms with Crippen LogP contribution in [0, 0.1) is 0 Å². The van der Waals surface area contributed by atoms with Gasteiger partial charge in [-0.05, 0) is 56.2 Å². The molecule has 1 atom stereocenters. The third-order valence-corrected chi connectivity index (χ3v) is 6.03. The van der Waals surface area contributed by atoms with Crippen LogP contribution in [0.25, 0.3) is 0 Å². The van der Waals surface area contributed by atoms with E-state index in [0.717, 1.165) is 89.8 Å². The smallest absolute Gasteiger partial charge is 0.193 e. The van der Waals surface area contributed by atoms with Crippen molar-refractivity contribution in [2.24, 2.45) is 4.99 Å². The third-order valence-electron chi connectivity index (χ3n) is 6.03. The lowest BCUT2D eigenvalue weighted by atomic mass is 10.1. The minimum absolute atomic E-state index is 0. The number of hydrogen-bond acceptors (Lipinski definition) is 4. The predicted molar refractivity (Wildman–Crippen MR) is 130 cm³/mol. The van der Waals surface area contributed by atoms with Gasteiger partial charge in [0.25, 0.3) is 0 Å². The molecular weight excluding hydrogens is 493 g/mol. The van der Waals surface area contributed by atoms with E-state index in [9.17, 15) is 0 Å².